The van der Waals surface area contributed by atoms with Crippen molar-refractivity contribution in [2.24, 2.45) is 0 Å². The fraction of sp³-hybridized carbons (Fsp3) is 0.286. The molecule has 0 aliphatic carbocycles. The Morgan fingerprint density at radius 1 is 1.27 bits per heavy atom. The minimum absolute atomic E-state index is 0.0691. The molecule has 1 aromatic heterocycles. The lowest BCUT2D eigenvalue weighted by Gasteiger charge is -2.35. The largest absolute Gasteiger partial charge is 0.497 e. The lowest BCUT2D eigenvalue weighted by atomic mass is 9.92. The molecule has 1 atom stereocenters. The van der Waals surface area contributed by atoms with Crippen molar-refractivity contribution in [3.63, 3.8) is 0 Å². The Balaban J connectivity index is 1.75. The van der Waals surface area contributed by atoms with E-state index in [0.717, 1.165) is 28.9 Å². The van der Waals surface area contributed by atoms with Gasteiger partial charge >= 0.3 is 0 Å². The Kier molecular flexibility index (Phi) is 3.94. The van der Waals surface area contributed by atoms with E-state index < -0.39 is 0 Å². The second-order valence-corrected chi connectivity index (χ2v) is 6.80. The predicted octanol–water partition coefficient (Wildman–Crippen LogP) is 4.38. The van der Waals surface area contributed by atoms with Crippen molar-refractivity contribution in [1.29, 1.82) is 0 Å². The van der Waals surface area contributed by atoms with Gasteiger partial charge in [-0.3, -0.25) is 4.79 Å². The molecule has 0 saturated carbocycles. The molecule has 1 amide bonds. The van der Waals surface area contributed by atoms with Gasteiger partial charge in [-0.05, 0) is 61.7 Å². The molecule has 0 saturated heterocycles. The molecule has 1 unspecified atom stereocenters. The molecular formula is C21H21FN2O2. The molecule has 2 heterocycles. The summed E-state index contributed by atoms with van der Waals surface area (Å²) in [7, 11) is 1.64. The van der Waals surface area contributed by atoms with Gasteiger partial charge in [-0.25, -0.2) is 4.39 Å². The number of H-pyrrole nitrogens is 1. The van der Waals surface area contributed by atoms with Gasteiger partial charge in [0.2, 0.25) is 0 Å². The minimum atomic E-state index is -0.340. The van der Waals surface area contributed by atoms with Crippen LogP contribution in [0.15, 0.2) is 36.4 Å². The third kappa shape index (κ3) is 2.55. The first kappa shape index (κ1) is 16.6. The summed E-state index contributed by atoms with van der Waals surface area (Å²) in [5.41, 5.74) is 4.44. The second-order valence-electron chi connectivity index (χ2n) is 6.80. The van der Waals surface area contributed by atoms with Gasteiger partial charge in [0.1, 0.15) is 11.6 Å². The number of nitrogens with one attached hydrogen (secondary N) is 1. The lowest BCUT2D eigenvalue weighted by molar-refractivity contribution is 0.0678. The summed E-state index contributed by atoms with van der Waals surface area (Å²) in [4.78, 5) is 18.4. The number of aromatic nitrogens is 1. The molecule has 4 nitrogen and oxygen atoms in total. The minimum Gasteiger partial charge on any atom is -0.497 e. The molecule has 4 rings (SSSR count). The Morgan fingerprint density at radius 3 is 2.85 bits per heavy atom. The van der Waals surface area contributed by atoms with Crippen LogP contribution in [-0.4, -0.2) is 29.4 Å². The normalized spacial score (nSPS) is 16.6. The molecule has 3 aromatic rings. The quantitative estimate of drug-likeness (QED) is 0.744. The number of ether oxygens (including phenoxy) is 1. The first-order valence-corrected chi connectivity index (χ1v) is 8.75. The fourth-order valence-corrected chi connectivity index (χ4v) is 3.91. The van der Waals surface area contributed by atoms with Crippen molar-refractivity contribution in [1.82, 2.24) is 9.88 Å². The summed E-state index contributed by atoms with van der Waals surface area (Å²) in [5, 5.41) is 0.635. The Labute approximate surface area is 151 Å². The standard InChI is InChI=1S/C21H21FN2O2/c1-12-20(18-10-15(22)5-7-19(18)23-12)21(25)24-9-8-14-4-6-16(26-3)11-17(14)13(24)2/h4-7,10-11,13,23H,8-9H2,1-3H3. The number of halogens is 1. The first-order chi connectivity index (χ1) is 12.5. The number of methoxy groups -OCH3 is 1. The Morgan fingerprint density at radius 2 is 2.08 bits per heavy atom. The molecule has 0 radical (unpaired) electrons. The smallest absolute Gasteiger partial charge is 0.256 e. The molecule has 1 N–H and O–H groups in total. The summed E-state index contributed by atoms with van der Waals surface area (Å²) in [6.45, 7) is 4.53. The number of hydrogen-bond acceptors (Lipinski definition) is 2. The molecule has 26 heavy (non-hydrogen) atoms. The van der Waals surface area contributed by atoms with Gasteiger partial charge in [-0.2, -0.15) is 0 Å². The number of nitrogens with zero attached hydrogens (tertiary/aromatic N) is 1. The molecule has 0 spiro atoms. The average molecular weight is 352 g/mol. The van der Waals surface area contributed by atoms with Crippen molar-refractivity contribution < 1.29 is 13.9 Å². The summed E-state index contributed by atoms with van der Waals surface area (Å²) in [5.74, 6) is 0.378. The molecule has 134 valence electrons. The molecule has 0 bridgehead atoms. The van der Waals surface area contributed by atoms with Gasteiger partial charge in [-0.15, -0.1) is 0 Å². The molecule has 5 heteroatoms. The second kappa shape index (κ2) is 6.16. The van der Waals surface area contributed by atoms with Crippen LogP contribution in [0.25, 0.3) is 10.9 Å². The van der Waals surface area contributed by atoms with E-state index in [4.69, 9.17) is 4.74 Å². The third-order valence-corrected chi connectivity index (χ3v) is 5.32. The maximum Gasteiger partial charge on any atom is 0.256 e. The van der Waals surface area contributed by atoms with E-state index in [9.17, 15) is 9.18 Å². The molecule has 0 fully saturated rings. The maximum atomic E-state index is 13.7. The Hall–Kier alpha value is -2.82. The van der Waals surface area contributed by atoms with Gasteiger partial charge in [-0.1, -0.05) is 6.07 Å². The van der Waals surface area contributed by atoms with Gasteiger partial charge in [0, 0.05) is 23.1 Å². The zero-order valence-electron chi connectivity index (χ0n) is 15.1. The van der Waals surface area contributed by atoms with E-state index in [0.29, 0.717) is 17.5 Å². The molecule has 1 aliphatic rings. The van der Waals surface area contributed by atoms with Gasteiger partial charge in [0.25, 0.3) is 5.91 Å². The predicted molar refractivity (Wildman–Crippen MR) is 99.1 cm³/mol. The van der Waals surface area contributed by atoms with Crippen molar-refractivity contribution in [2.45, 2.75) is 26.3 Å². The van der Waals surface area contributed by atoms with Crippen molar-refractivity contribution in [3.8, 4) is 5.75 Å². The van der Waals surface area contributed by atoms with E-state index in [-0.39, 0.29) is 17.8 Å². The molecule has 1 aliphatic heterocycles. The molecular weight excluding hydrogens is 331 g/mol. The highest BCUT2D eigenvalue weighted by Crippen LogP contribution is 2.34. The van der Waals surface area contributed by atoms with Crippen molar-refractivity contribution >= 4 is 16.8 Å². The van der Waals surface area contributed by atoms with Gasteiger partial charge < -0.3 is 14.6 Å². The zero-order valence-corrected chi connectivity index (χ0v) is 15.1. The van der Waals surface area contributed by atoms with Crippen LogP contribution >= 0.6 is 0 Å². The number of aromatic amines is 1. The number of amides is 1. The number of hydrogen-bond donors (Lipinski definition) is 1. The van der Waals surface area contributed by atoms with Crippen LogP contribution in [0.1, 0.15) is 40.1 Å². The number of fused-ring (bicyclic) bond motifs is 2. The summed E-state index contributed by atoms with van der Waals surface area (Å²) in [6, 6.07) is 10.5. The van der Waals surface area contributed by atoms with Crippen LogP contribution in [0.3, 0.4) is 0 Å². The summed E-state index contributed by atoms with van der Waals surface area (Å²) < 4.78 is 19.1. The highest BCUT2D eigenvalue weighted by atomic mass is 19.1. The van der Waals surface area contributed by atoms with E-state index >= 15 is 0 Å². The number of carbonyl (C=O) groups excluding carboxylic acids is 1. The number of benzene rings is 2. The average Bonchev–Trinajstić information content (AvgIpc) is 2.96. The maximum absolute atomic E-state index is 13.7. The van der Waals surface area contributed by atoms with Crippen LogP contribution < -0.4 is 4.74 Å². The lowest BCUT2D eigenvalue weighted by Crippen LogP contribution is -2.39. The van der Waals surface area contributed by atoms with Crippen LogP contribution in [0.2, 0.25) is 0 Å². The van der Waals surface area contributed by atoms with Crippen molar-refractivity contribution in [3.05, 3.63) is 64.6 Å². The summed E-state index contributed by atoms with van der Waals surface area (Å²) in [6.07, 6.45) is 0.797. The SMILES string of the molecule is COc1ccc2c(c1)C(C)N(C(=O)c1c(C)[nH]c3ccc(F)cc13)CC2. The van der Waals surface area contributed by atoms with Crippen LogP contribution in [0.5, 0.6) is 5.75 Å². The van der Waals surface area contributed by atoms with E-state index in [2.05, 4.69) is 11.1 Å². The van der Waals surface area contributed by atoms with E-state index in [1.54, 1.807) is 13.2 Å². The van der Waals surface area contributed by atoms with Crippen molar-refractivity contribution in [2.75, 3.05) is 13.7 Å². The Bertz CT molecular complexity index is 1010. The topological polar surface area (TPSA) is 45.3 Å². The third-order valence-electron chi connectivity index (χ3n) is 5.32. The fourth-order valence-electron chi connectivity index (χ4n) is 3.91. The number of aryl methyl sites for hydroxylation is 1. The van der Waals surface area contributed by atoms with Crippen LogP contribution in [0, 0.1) is 12.7 Å². The van der Waals surface area contributed by atoms with Gasteiger partial charge in [0.05, 0.1) is 18.7 Å². The van der Waals surface area contributed by atoms with E-state index in [1.807, 2.05) is 30.9 Å². The number of rotatable bonds is 2. The van der Waals surface area contributed by atoms with Crippen LogP contribution in [-0.2, 0) is 6.42 Å². The zero-order chi connectivity index (χ0) is 18.4. The van der Waals surface area contributed by atoms with Crippen LogP contribution in [0.4, 0.5) is 4.39 Å². The van der Waals surface area contributed by atoms with E-state index in [1.165, 1.54) is 17.7 Å². The molecule has 2 aromatic carbocycles. The monoisotopic (exact) mass is 352 g/mol. The first-order valence-electron chi connectivity index (χ1n) is 8.75. The summed E-state index contributed by atoms with van der Waals surface area (Å²) >= 11 is 0. The number of carbonyl (C=O) groups is 1. The van der Waals surface area contributed by atoms with Gasteiger partial charge in [0.15, 0.2) is 0 Å². The highest BCUT2D eigenvalue weighted by molar-refractivity contribution is 6.08. The highest BCUT2D eigenvalue weighted by Gasteiger charge is 2.31.